The van der Waals surface area contributed by atoms with Crippen LogP contribution in [-0.2, 0) is 16.1 Å². The van der Waals surface area contributed by atoms with Gasteiger partial charge in [0.25, 0.3) is 11.6 Å². The summed E-state index contributed by atoms with van der Waals surface area (Å²) in [7, 11) is 0. The highest BCUT2D eigenvalue weighted by Crippen LogP contribution is 2.29. The average Bonchev–Trinajstić information content (AvgIpc) is 3.08. The van der Waals surface area contributed by atoms with E-state index in [0.29, 0.717) is 12.3 Å². The Bertz CT molecular complexity index is 510. The first-order chi connectivity index (χ1) is 8.46. The summed E-state index contributed by atoms with van der Waals surface area (Å²) in [6.07, 6.45) is 0. The standard InChI is InChI=1S/C11H12N2O5/c1-11(6-18-11)10(15)12-8-2-3-9(13(16)17)7(4-8)5-14/h2-4,14H,5-6H2,1H3,(H,12,15). The maximum atomic E-state index is 11.7. The van der Waals surface area contributed by atoms with Crippen molar-refractivity contribution in [3.63, 3.8) is 0 Å². The number of benzene rings is 1. The number of aliphatic hydroxyl groups is 1. The van der Waals surface area contributed by atoms with Gasteiger partial charge in [-0.1, -0.05) is 0 Å². The van der Waals surface area contributed by atoms with E-state index in [9.17, 15) is 14.9 Å². The predicted octanol–water partition coefficient (Wildman–Crippen LogP) is 0.815. The number of carbonyl (C=O) groups excluding carboxylic acids is 1. The van der Waals surface area contributed by atoms with E-state index in [1.165, 1.54) is 18.2 Å². The predicted molar refractivity (Wildman–Crippen MR) is 62.0 cm³/mol. The molecule has 0 bridgehead atoms. The molecular formula is C11H12N2O5. The third-order valence-electron chi connectivity index (χ3n) is 2.76. The van der Waals surface area contributed by atoms with E-state index < -0.39 is 17.1 Å². The molecule has 1 atom stereocenters. The molecule has 1 aromatic carbocycles. The van der Waals surface area contributed by atoms with Crippen LogP contribution in [0.15, 0.2) is 18.2 Å². The van der Waals surface area contributed by atoms with Gasteiger partial charge in [0.2, 0.25) is 0 Å². The quantitative estimate of drug-likeness (QED) is 0.468. The molecule has 1 heterocycles. The number of rotatable bonds is 4. The SMILES string of the molecule is CC1(C(=O)Nc2ccc([N+](=O)[O-])c(CO)c2)CO1. The van der Waals surface area contributed by atoms with Crippen LogP contribution in [0.5, 0.6) is 0 Å². The van der Waals surface area contributed by atoms with Crippen molar-refractivity contribution in [2.45, 2.75) is 19.1 Å². The Hall–Kier alpha value is -1.99. The van der Waals surface area contributed by atoms with Crippen LogP contribution in [0.1, 0.15) is 12.5 Å². The van der Waals surface area contributed by atoms with Gasteiger partial charge in [-0.05, 0) is 19.1 Å². The molecular weight excluding hydrogens is 240 g/mol. The Balaban J connectivity index is 2.19. The summed E-state index contributed by atoms with van der Waals surface area (Å²) in [6.45, 7) is 1.55. The number of hydrogen-bond donors (Lipinski definition) is 2. The Kier molecular flexibility index (Phi) is 3.02. The smallest absolute Gasteiger partial charge is 0.275 e. The number of epoxide rings is 1. The number of nitro groups is 1. The zero-order valence-electron chi connectivity index (χ0n) is 9.67. The van der Waals surface area contributed by atoms with Crippen molar-refractivity contribution in [2.75, 3.05) is 11.9 Å². The fourth-order valence-corrected chi connectivity index (χ4v) is 1.47. The molecule has 1 amide bonds. The van der Waals surface area contributed by atoms with Crippen molar-refractivity contribution >= 4 is 17.3 Å². The summed E-state index contributed by atoms with van der Waals surface area (Å²) in [6, 6.07) is 4.04. The molecule has 0 radical (unpaired) electrons. The molecule has 0 aliphatic carbocycles. The summed E-state index contributed by atoms with van der Waals surface area (Å²) >= 11 is 0. The molecule has 0 saturated carbocycles. The lowest BCUT2D eigenvalue weighted by molar-refractivity contribution is -0.385. The van der Waals surface area contributed by atoms with Crippen LogP contribution in [0.25, 0.3) is 0 Å². The third-order valence-corrected chi connectivity index (χ3v) is 2.76. The molecule has 1 unspecified atom stereocenters. The monoisotopic (exact) mass is 252 g/mol. The van der Waals surface area contributed by atoms with E-state index in [2.05, 4.69) is 5.32 Å². The summed E-state index contributed by atoms with van der Waals surface area (Å²) in [4.78, 5) is 21.8. The number of hydrogen-bond acceptors (Lipinski definition) is 5. The number of amides is 1. The highest BCUT2D eigenvalue weighted by atomic mass is 16.6. The van der Waals surface area contributed by atoms with Crippen molar-refractivity contribution in [2.24, 2.45) is 0 Å². The van der Waals surface area contributed by atoms with Crippen LogP contribution in [-0.4, -0.2) is 28.1 Å². The Labute approximate surface area is 103 Å². The molecule has 7 nitrogen and oxygen atoms in total. The van der Waals surface area contributed by atoms with E-state index in [-0.39, 0.29) is 17.2 Å². The Morgan fingerprint density at radius 2 is 2.33 bits per heavy atom. The molecule has 1 aliphatic heterocycles. The second-order valence-corrected chi connectivity index (χ2v) is 4.23. The molecule has 0 spiro atoms. The Morgan fingerprint density at radius 1 is 1.67 bits per heavy atom. The van der Waals surface area contributed by atoms with Crippen LogP contribution in [0, 0.1) is 10.1 Å². The van der Waals surface area contributed by atoms with E-state index in [4.69, 9.17) is 9.84 Å². The molecule has 1 saturated heterocycles. The largest absolute Gasteiger partial charge is 0.391 e. The van der Waals surface area contributed by atoms with Gasteiger partial charge in [0.15, 0.2) is 5.60 Å². The number of anilines is 1. The molecule has 7 heteroatoms. The molecule has 2 rings (SSSR count). The summed E-state index contributed by atoms with van der Waals surface area (Å²) in [5.41, 5.74) is -0.434. The zero-order valence-corrected chi connectivity index (χ0v) is 9.67. The second-order valence-electron chi connectivity index (χ2n) is 4.23. The van der Waals surface area contributed by atoms with E-state index in [1.54, 1.807) is 6.92 Å². The van der Waals surface area contributed by atoms with Crippen LogP contribution < -0.4 is 5.32 Å². The fraction of sp³-hybridized carbons (Fsp3) is 0.364. The highest BCUT2D eigenvalue weighted by molar-refractivity contribution is 5.98. The molecule has 18 heavy (non-hydrogen) atoms. The molecule has 96 valence electrons. The van der Waals surface area contributed by atoms with Crippen LogP contribution in [0.2, 0.25) is 0 Å². The fourth-order valence-electron chi connectivity index (χ4n) is 1.47. The molecule has 0 aromatic heterocycles. The van der Waals surface area contributed by atoms with Gasteiger partial charge in [-0.15, -0.1) is 0 Å². The second kappa shape index (κ2) is 4.35. The number of nitrogens with zero attached hydrogens (tertiary/aromatic N) is 1. The number of nitro benzene ring substituents is 1. The first-order valence-corrected chi connectivity index (χ1v) is 5.30. The molecule has 1 fully saturated rings. The van der Waals surface area contributed by atoms with E-state index >= 15 is 0 Å². The lowest BCUT2D eigenvalue weighted by Crippen LogP contribution is -2.28. The van der Waals surface area contributed by atoms with Gasteiger partial charge in [-0.2, -0.15) is 0 Å². The van der Waals surface area contributed by atoms with Gasteiger partial charge >= 0.3 is 0 Å². The minimum absolute atomic E-state index is 0.152. The number of carbonyl (C=O) groups is 1. The maximum absolute atomic E-state index is 11.7. The van der Waals surface area contributed by atoms with Gasteiger partial charge in [0.05, 0.1) is 23.7 Å². The van der Waals surface area contributed by atoms with E-state index in [1.807, 2.05) is 0 Å². The van der Waals surface area contributed by atoms with Gasteiger partial charge in [-0.3, -0.25) is 14.9 Å². The lowest BCUT2D eigenvalue weighted by Gasteiger charge is -2.09. The maximum Gasteiger partial charge on any atom is 0.275 e. The third kappa shape index (κ3) is 2.31. The Morgan fingerprint density at radius 3 is 2.83 bits per heavy atom. The molecule has 2 N–H and O–H groups in total. The highest BCUT2D eigenvalue weighted by Gasteiger charge is 2.47. The van der Waals surface area contributed by atoms with Crippen molar-refractivity contribution in [1.82, 2.24) is 0 Å². The van der Waals surface area contributed by atoms with Gasteiger partial charge in [-0.25, -0.2) is 0 Å². The van der Waals surface area contributed by atoms with E-state index in [0.717, 1.165) is 0 Å². The molecule has 1 aromatic rings. The van der Waals surface area contributed by atoms with Crippen molar-refractivity contribution in [3.05, 3.63) is 33.9 Å². The van der Waals surface area contributed by atoms with Crippen molar-refractivity contribution in [3.8, 4) is 0 Å². The lowest BCUT2D eigenvalue weighted by atomic mass is 10.1. The van der Waals surface area contributed by atoms with Gasteiger partial charge < -0.3 is 15.2 Å². The van der Waals surface area contributed by atoms with Gasteiger partial charge in [0, 0.05) is 11.8 Å². The van der Waals surface area contributed by atoms with Crippen LogP contribution >= 0.6 is 0 Å². The van der Waals surface area contributed by atoms with Crippen LogP contribution in [0.4, 0.5) is 11.4 Å². The number of ether oxygens (including phenoxy) is 1. The number of aliphatic hydroxyl groups excluding tert-OH is 1. The summed E-state index contributed by atoms with van der Waals surface area (Å²) in [5.74, 6) is -0.305. The first kappa shape index (κ1) is 12.5. The normalized spacial score (nSPS) is 21.4. The zero-order chi connectivity index (χ0) is 13.3. The summed E-state index contributed by atoms with van der Waals surface area (Å²) in [5, 5.41) is 22.3. The van der Waals surface area contributed by atoms with Crippen molar-refractivity contribution < 1.29 is 19.6 Å². The van der Waals surface area contributed by atoms with Gasteiger partial charge in [0.1, 0.15) is 0 Å². The van der Waals surface area contributed by atoms with Crippen molar-refractivity contribution in [1.29, 1.82) is 0 Å². The number of nitrogens with one attached hydrogen (secondary N) is 1. The minimum Gasteiger partial charge on any atom is -0.391 e. The topological polar surface area (TPSA) is 105 Å². The summed E-state index contributed by atoms with van der Waals surface area (Å²) < 4.78 is 4.98. The minimum atomic E-state index is -0.804. The average molecular weight is 252 g/mol. The molecule has 1 aliphatic rings. The first-order valence-electron chi connectivity index (χ1n) is 5.30. The van der Waals surface area contributed by atoms with Crippen LogP contribution in [0.3, 0.4) is 0 Å².